The Balaban J connectivity index is 0.000000199. The van der Waals surface area contributed by atoms with Crippen LogP contribution in [0.15, 0.2) is 42.6 Å². The Morgan fingerprint density at radius 2 is 1.68 bits per heavy atom. The number of nitrogens with two attached hydrogens (primary N) is 1. The van der Waals surface area contributed by atoms with E-state index in [2.05, 4.69) is 15.4 Å². The molecule has 0 atom stereocenters. The molecule has 1 fully saturated rings. The van der Waals surface area contributed by atoms with E-state index < -0.39 is 30.7 Å². The molecule has 0 aliphatic heterocycles. The summed E-state index contributed by atoms with van der Waals surface area (Å²) in [6, 6.07) is 9.03. The molecule has 1 aliphatic carbocycles. The number of hydrogen-bond donors (Lipinski definition) is 2. The zero-order chi connectivity index (χ0) is 25.1. The van der Waals surface area contributed by atoms with Crippen LogP contribution in [-0.4, -0.2) is 34.1 Å². The molecule has 1 amide bonds. The second-order valence-corrected chi connectivity index (χ2v) is 7.62. The summed E-state index contributed by atoms with van der Waals surface area (Å²) in [7, 11) is 1.59. The van der Waals surface area contributed by atoms with E-state index >= 15 is 0 Å². The Morgan fingerprint density at radius 3 is 2.15 bits per heavy atom. The lowest BCUT2D eigenvalue weighted by Crippen LogP contribution is -2.13. The quantitative estimate of drug-likeness (QED) is 0.452. The number of pyridine rings is 1. The van der Waals surface area contributed by atoms with Gasteiger partial charge in [-0.1, -0.05) is 56.7 Å². The molecule has 34 heavy (non-hydrogen) atoms. The largest absolute Gasteiger partial charge is 0.433 e. The number of primary amides is 1. The van der Waals surface area contributed by atoms with Crippen molar-refractivity contribution in [3.63, 3.8) is 0 Å². The first-order valence-corrected chi connectivity index (χ1v) is 10.9. The number of benzene rings is 1. The van der Waals surface area contributed by atoms with Gasteiger partial charge in [0.05, 0.1) is 5.52 Å². The van der Waals surface area contributed by atoms with Crippen LogP contribution < -0.4 is 11.1 Å². The van der Waals surface area contributed by atoms with Crippen LogP contribution in [0.3, 0.4) is 0 Å². The van der Waals surface area contributed by atoms with Gasteiger partial charge in [-0.15, -0.1) is 0 Å². The number of nitrogens with zero attached hydrogens (tertiary/aromatic N) is 3. The molecule has 0 unspecified atom stereocenters. The van der Waals surface area contributed by atoms with Gasteiger partial charge in [-0.25, -0.2) is 13.8 Å². The number of halogens is 5. The maximum Gasteiger partial charge on any atom is 0.433 e. The smallest absolute Gasteiger partial charge is 0.388 e. The molecule has 3 aromatic rings. The fourth-order valence-electron chi connectivity index (χ4n) is 3.32. The zero-order valence-corrected chi connectivity index (χ0v) is 18.8. The summed E-state index contributed by atoms with van der Waals surface area (Å²) in [4.78, 5) is 14.0. The highest BCUT2D eigenvalue weighted by molar-refractivity contribution is 5.91. The van der Waals surface area contributed by atoms with E-state index in [1.165, 1.54) is 50.8 Å². The maximum absolute atomic E-state index is 12.5. The first-order valence-electron chi connectivity index (χ1n) is 10.9. The Labute approximate surface area is 194 Å². The molecule has 3 N–H and O–H groups in total. The van der Waals surface area contributed by atoms with E-state index in [0.29, 0.717) is 16.6 Å². The number of carbonyl (C=O) groups is 1. The SMILES string of the molecule is C1CCCCC1.CNc1cc(C(F)(F)F)nc2ccccc12.NC(=O)c1ccn(CC(F)F)n1. The van der Waals surface area contributed by atoms with Crippen LogP contribution in [0.2, 0.25) is 0 Å². The van der Waals surface area contributed by atoms with E-state index in [4.69, 9.17) is 5.73 Å². The Bertz CT molecular complexity index is 1040. The minimum Gasteiger partial charge on any atom is -0.388 e. The third-order valence-corrected chi connectivity index (χ3v) is 4.99. The van der Waals surface area contributed by atoms with Gasteiger partial charge in [-0.3, -0.25) is 9.48 Å². The molecule has 0 radical (unpaired) electrons. The average Bonchev–Trinajstić information content (AvgIpc) is 3.28. The van der Waals surface area contributed by atoms with Crippen LogP contribution in [0, 0.1) is 0 Å². The van der Waals surface area contributed by atoms with Crippen molar-refractivity contribution in [1.82, 2.24) is 14.8 Å². The number of nitrogens with one attached hydrogen (secondary N) is 1. The first-order chi connectivity index (χ1) is 16.1. The van der Waals surface area contributed by atoms with Crippen LogP contribution in [0.1, 0.15) is 54.7 Å². The van der Waals surface area contributed by atoms with Crippen LogP contribution in [0.25, 0.3) is 10.9 Å². The van der Waals surface area contributed by atoms with Crippen molar-refractivity contribution in [2.75, 3.05) is 12.4 Å². The number of carbonyl (C=O) groups excluding carboxylic acids is 1. The molecule has 4 rings (SSSR count). The summed E-state index contributed by atoms with van der Waals surface area (Å²) < 4.78 is 62.1. The molecule has 6 nitrogen and oxygen atoms in total. The van der Waals surface area contributed by atoms with E-state index in [1.807, 2.05) is 0 Å². The van der Waals surface area contributed by atoms with Gasteiger partial charge in [0.25, 0.3) is 12.3 Å². The van der Waals surface area contributed by atoms with Gasteiger partial charge in [-0.05, 0) is 18.2 Å². The topological polar surface area (TPSA) is 85.8 Å². The predicted octanol–water partition coefficient (Wildman–Crippen LogP) is 5.88. The summed E-state index contributed by atoms with van der Waals surface area (Å²) in [6.45, 7) is -0.521. The van der Waals surface area contributed by atoms with Crippen LogP contribution >= 0.6 is 0 Å². The molecule has 0 saturated heterocycles. The van der Waals surface area contributed by atoms with Crippen LogP contribution in [0.5, 0.6) is 0 Å². The lowest BCUT2D eigenvalue weighted by atomic mass is 10.0. The Hall–Kier alpha value is -3.24. The molecular formula is C23H28F5N5O. The molecule has 2 aromatic heterocycles. The Kier molecular flexibility index (Phi) is 10.2. The normalized spacial score (nSPS) is 13.5. The van der Waals surface area contributed by atoms with Crippen molar-refractivity contribution < 1.29 is 26.7 Å². The van der Waals surface area contributed by atoms with Gasteiger partial charge in [0.15, 0.2) is 0 Å². The number of hydrogen-bond acceptors (Lipinski definition) is 4. The molecule has 11 heteroatoms. The summed E-state index contributed by atoms with van der Waals surface area (Å²) in [5.74, 6) is -0.719. The summed E-state index contributed by atoms with van der Waals surface area (Å²) in [6.07, 6.45) is 3.38. The number of fused-ring (bicyclic) bond motifs is 1. The first kappa shape index (κ1) is 27.0. The van der Waals surface area contributed by atoms with Crippen LogP contribution in [-0.2, 0) is 12.7 Å². The van der Waals surface area contributed by atoms with E-state index in [9.17, 15) is 26.7 Å². The van der Waals surface area contributed by atoms with Crippen molar-refractivity contribution in [3.8, 4) is 0 Å². The minimum absolute atomic E-state index is 0.00403. The van der Waals surface area contributed by atoms with Crippen molar-refractivity contribution in [2.24, 2.45) is 5.73 Å². The molecule has 1 saturated carbocycles. The van der Waals surface area contributed by atoms with Crippen molar-refractivity contribution >= 4 is 22.5 Å². The van der Waals surface area contributed by atoms with Crippen molar-refractivity contribution in [2.45, 2.75) is 57.7 Å². The van der Waals surface area contributed by atoms with Gasteiger partial charge in [0, 0.05) is 24.3 Å². The molecule has 2 heterocycles. The highest BCUT2D eigenvalue weighted by Gasteiger charge is 2.33. The van der Waals surface area contributed by atoms with E-state index in [0.717, 1.165) is 10.7 Å². The fourth-order valence-corrected chi connectivity index (χ4v) is 3.32. The minimum atomic E-state index is -4.42. The lowest BCUT2D eigenvalue weighted by molar-refractivity contribution is -0.140. The zero-order valence-electron chi connectivity index (χ0n) is 18.8. The maximum atomic E-state index is 12.5. The average molecular weight is 486 g/mol. The highest BCUT2D eigenvalue weighted by atomic mass is 19.4. The summed E-state index contributed by atoms with van der Waals surface area (Å²) in [5, 5.41) is 6.93. The molecule has 0 bridgehead atoms. The number of amides is 1. The lowest BCUT2D eigenvalue weighted by Gasteiger charge is -2.10. The number of para-hydroxylation sites is 1. The van der Waals surface area contributed by atoms with E-state index in [-0.39, 0.29) is 5.69 Å². The monoisotopic (exact) mass is 485 g/mol. The van der Waals surface area contributed by atoms with Gasteiger partial charge in [0.2, 0.25) is 0 Å². The highest BCUT2D eigenvalue weighted by Crippen LogP contribution is 2.32. The van der Waals surface area contributed by atoms with Gasteiger partial charge in [0.1, 0.15) is 17.9 Å². The van der Waals surface area contributed by atoms with Gasteiger partial charge in [-0.2, -0.15) is 18.3 Å². The molecule has 0 spiro atoms. The second kappa shape index (κ2) is 12.9. The third kappa shape index (κ3) is 8.60. The predicted molar refractivity (Wildman–Crippen MR) is 121 cm³/mol. The number of rotatable bonds is 4. The van der Waals surface area contributed by atoms with Crippen molar-refractivity contribution in [3.05, 3.63) is 54.0 Å². The molecule has 1 aliphatic rings. The second-order valence-electron chi connectivity index (χ2n) is 7.62. The van der Waals surface area contributed by atoms with Gasteiger partial charge >= 0.3 is 6.18 Å². The number of aromatic nitrogens is 3. The summed E-state index contributed by atoms with van der Waals surface area (Å²) in [5.41, 5.74) is 4.74. The molecule has 186 valence electrons. The number of anilines is 1. The van der Waals surface area contributed by atoms with Gasteiger partial charge < -0.3 is 11.1 Å². The summed E-state index contributed by atoms with van der Waals surface area (Å²) >= 11 is 0. The fraction of sp³-hybridized carbons (Fsp3) is 0.435. The van der Waals surface area contributed by atoms with E-state index in [1.54, 1.807) is 31.3 Å². The number of alkyl halides is 5. The third-order valence-electron chi connectivity index (χ3n) is 4.99. The molecule has 1 aromatic carbocycles. The standard InChI is InChI=1S/C11H9F3N2.C6H7F2N3O.C6H12/c1-15-9-6-10(11(12,13)14)16-8-5-3-2-4-7(8)9;7-5(8)3-11-2-1-4(10-11)6(9)12;1-2-4-6-5-3-1/h2-6H,1H3,(H,15,16);1-2,5H,3H2,(H2,9,12);1-6H2. The molecular weight excluding hydrogens is 457 g/mol. The van der Waals surface area contributed by atoms with Crippen molar-refractivity contribution in [1.29, 1.82) is 0 Å². The van der Waals surface area contributed by atoms with Crippen LogP contribution in [0.4, 0.5) is 27.6 Å². The Morgan fingerprint density at radius 1 is 1.09 bits per heavy atom.